The third-order valence-corrected chi connectivity index (χ3v) is 2.75. The second kappa shape index (κ2) is 4.57. The monoisotopic (exact) mass is 237 g/mol. The molecule has 17 heavy (non-hydrogen) atoms. The number of hydrogen-bond acceptors (Lipinski definition) is 2. The predicted octanol–water partition coefficient (Wildman–Crippen LogP) is 2.96. The van der Waals surface area contributed by atoms with Crippen LogP contribution in [0.15, 0.2) is 41.9 Å². The van der Waals surface area contributed by atoms with E-state index < -0.39 is 12.0 Å². The second-order valence-corrected chi connectivity index (χ2v) is 3.88. The maximum Gasteiger partial charge on any atom is 0.146 e. The number of alkyl halides is 1. The van der Waals surface area contributed by atoms with Gasteiger partial charge in [0, 0.05) is 6.42 Å². The van der Waals surface area contributed by atoms with Gasteiger partial charge in [0.2, 0.25) is 0 Å². The van der Waals surface area contributed by atoms with E-state index in [-0.39, 0.29) is 12.1 Å². The molecule has 0 radical (unpaired) electrons. The Morgan fingerprint density at radius 1 is 1.41 bits per heavy atom. The molecule has 1 aliphatic carbocycles. The Bertz CT molecular complexity index is 494. The normalized spacial score (nSPS) is 20.2. The first-order chi connectivity index (χ1) is 8.11. The molecule has 0 amide bonds. The minimum absolute atomic E-state index is 0.0897. The van der Waals surface area contributed by atoms with Gasteiger partial charge in [-0.3, -0.25) is 0 Å². The smallest absolute Gasteiger partial charge is 0.146 e. The van der Waals surface area contributed by atoms with Crippen LogP contribution in [0.4, 0.5) is 8.78 Å². The van der Waals surface area contributed by atoms with Gasteiger partial charge in [0.15, 0.2) is 0 Å². The van der Waals surface area contributed by atoms with E-state index in [2.05, 4.69) is 0 Å². The summed E-state index contributed by atoms with van der Waals surface area (Å²) in [6.07, 6.45) is -0.0896. The van der Waals surface area contributed by atoms with Crippen LogP contribution in [-0.2, 0) is 0 Å². The van der Waals surface area contributed by atoms with E-state index in [9.17, 15) is 8.78 Å². The number of ether oxygens (including phenoxy) is 1. The maximum atomic E-state index is 13.5. The number of methoxy groups -OCH3 is 1. The lowest BCUT2D eigenvalue weighted by Gasteiger charge is -2.18. The number of rotatable bonds is 2. The topological polar surface area (TPSA) is 35.2 Å². The Morgan fingerprint density at radius 3 is 2.82 bits per heavy atom. The molecule has 1 aromatic rings. The zero-order chi connectivity index (χ0) is 12.4. The molecule has 0 fully saturated rings. The van der Waals surface area contributed by atoms with Gasteiger partial charge < -0.3 is 10.5 Å². The van der Waals surface area contributed by atoms with E-state index in [1.807, 2.05) is 0 Å². The lowest BCUT2D eigenvalue weighted by atomic mass is 9.94. The summed E-state index contributed by atoms with van der Waals surface area (Å²) < 4.78 is 31.9. The first kappa shape index (κ1) is 11.6. The number of allylic oxidation sites excluding steroid dienone is 4. The highest BCUT2D eigenvalue weighted by Gasteiger charge is 2.22. The highest BCUT2D eigenvalue weighted by atomic mass is 19.1. The van der Waals surface area contributed by atoms with Crippen LogP contribution in [0.5, 0.6) is 5.75 Å². The van der Waals surface area contributed by atoms with Crippen LogP contribution < -0.4 is 10.5 Å². The summed E-state index contributed by atoms with van der Waals surface area (Å²) in [7, 11) is 1.55. The lowest BCUT2D eigenvalue weighted by Crippen LogP contribution is -2.18. The van der Waals surface area contributed by atoms with Crippen LogP contribution >= 0.6 is 0 Å². The summed E-state index contributed by atoms with van der Waals surface area (Å²) in [5.41, 5.74) is 6.29. The molecule has 0 spiro atoms. The van der Waals surface area contributed by atoms with Gasteiger partial charge in [0.25, 0.3) is 0 Å². The Kier molecular flexibility index (Phi) is 3.13. The zero-order valence-electron chi connectivity index (χ0n) is 9.41. The lowest BCUT2D eigenvalue weighted by molar-refractivity contribution is 0.372. The van der Waals surface area contributed by atoms with E-state index in [1.54, 1.807) is 31.4 Å². The summed E-state index contributed by atoms with van der Waals surface area (Å²) in [6.45, 7) is 0. The molecule has 0 saturated carbocycles. The minimum atomic E-state index is -1.46. The third-order valence-electron chi connectivity index (χ3n) is 2.75. The van der Waals surface area contributed by atoms with Gasteiger partial charge in [-0.2, -0.15) is 0 Å². The second-order valence-electron chi connectivity index (χ2n) is 3.88. The van der Waals surface area contributed by atoms with Crippen molar-refractivity contribution >= 4 is 5.57 Å². The molecule has 1 atom stereocenters. The Labute approximate surface area is 98.4 Å². The van der Waals surface area contributed by atoms with Gasteiger partial charge in [0.05, 0.1) is 12.8 Å². The first-order valence-electron chi connectivity index (χ1n) is 5.26. The summed E-state index contributed by atoms with van der Waals surface area (Å²) in [6, 6.07) is 7.09. The van der Waals surface area contributed by atoms with Crippen LogP contribution in [0.3, 0.4) is 0 Å². The number of hydrogen-bond donors (Lipinski definition) is 1. The molecule has 4 heteroatoms. The van der Waals surface area contributed by atoms with Crippen LogP contribution in [0.1, 0.15) is 12.0 Å². The van der Waals surface area contributed by atoms with Crippen LogP contribution in [0, 0.1) is 0 Å². The van der Waals surface area contributed by atoms with Gasteiger partial charge in [-0.05, 0) is 29.3 Å². The Hall–Kier alpha value is -1.84. The van der Waals surface area contributed by atoms with Crippen molar-refractivity contribution in [1.82, 2.24) is 0 Å². The van der Waals surface area contributed by atoms with Gasteiger partial charge in [-0.25, -0.2) is 8.78 Å². The van der Waals surface area contributed by atoms with Crippen LogP contribution in [-0.4, -0.2) is 13.3 Å². The fourth-order valence-corrected chi connectivity index (χ4v) is 1.77. The van der Waals surface area contributed by atoms with E-state index in [4.69, 9.17) is 10.5 Å². The maximum absolute atomic E-state index is 13.5. The quantitative estimate of drug-likeness (QED) is 0.858. The van der Waals surface area contributed by atoms with Crippen molar-refractivity contribution in [2.45, 2.75) is 12.6 Å². The first-order valence-corrected chi connectivity index (χ1v) is 5.26. The molecule has 2 nitrogen and oxygen atoms in total. The molecular formula is C13H13F2NO. The SMILES string of the molecule is COc1cccc(C2=CC(F)=C(N)C(F)C2)c1. The average molecular weight is 237 g/mol. The third kappa shape index (κ3) is 2.30. The number of nitrogens with two attached hydrogens (primary N) is 1. The summed E-state index contributed by atoms with van der Waals surface area (Å²) in [5, 5.41) is 0. The molecule has 2 rings (SSSR count). The molecule has 1 aromatic carbocycles. The summed E-state index contributed by atoms with van der Waals surface area (Å²) in [5.74, 6) is -0.0386. The molecule has 0 aliphatic heterocycles. The molecule has 0 aromatic heterocycles. The highest BCUT2D eigenvalue weighted by Crippen LogP contribution is 2.32. The molecular weight excluding hydrogens is 224 g/mol. The van der Waals surface area contributed by atoms with Crippen molar-refractivity contribution < 1.29 is 13.5 Å². The van der Waals surface area contributed by atoms with Gasteiger partial charge in [-0.1, -0.05) is 12.1 Å². The standard InChI is InChI=1S/C13H13F2NO/c1-17-10-4-2-3-8(5-10)9-6-11(14)13(16)12(15)7-9/h2-6,12H,7,16H2,1H3. The zero-order valence-corrected chi connectivity index (χ0v) is 9.41. The van der Waals surface area contributed by atoms with E-state index in [1.165, 1.54) is 6.08 Å². The summed E-state index contributed by atoms with van der Waals surface area (Å²) in [4.78, 5) is 0. The Morgan fingerprint density at radius 2 is 2.18 bits per heavy atom. The highest BCUT2D eigenvalue weighted by molar-refractivity contribution is 5.71. The molecule has 1 aliphatic rings. The summed E-state index contributed by atoms with van der Waals surface area (Å²) >= 11 is 0. The van der Waals surface area contributed by atoms with Crippen molar-refractivity contribution in [1.29, 1.82) is 0 Å². The van der Waals surface area contributed by atoms with Crippen LogP contribution in [0.25, 0.3) is 5.57 Å². The average Bonchev–Trinajstić information content (AvgIpc) is 2.35. The molecule has 0 heterocycles. The fraction of sp³-hybridized carbons (Fsp3) is 0.231. The van der Waals surface area contributed by atoms with Crippen molar-refractivity contribution in [2.24, 2.45) is 5.73 Å². The number of halogens is 2. The van der Waals surface area contributed by atoms with Gasteiger partial charge in [0.1, 0.15) is 17.7 Å². The van der Waals surface area contributed by atoms with E-state index in [0.29, 0.717) is 11.3 Å². The van der Waals surface area contributed by atoms with Crippen molar-refractivity contribution in [3.8, 4) is 5.75 Å². The van der Waals surface area contributed by atoms with Crippen LogP contribution in [0.2, 0.25) is 0 Å². The Balaban J connectivity index is 2.38. The van der Waals surface area contributed by atoms with Crippen molar-refractivity contribution in [3.05, 3.63) is 47.4 Å². The predicted molar refractivity (Wildman–Crippen MR) is 62.8 cm³/mol. The molecule has 0 saturated heterocycles. The van der Waals surface area contributed by atoms with Gasteiger partial charge >= 0.3 is 0 Å². The molecule has 0 bridgehead atoms. The van der Waals surface area contributed by atoms with E-state index in [0.717, 1.165) is 5.56 Å². The fourth-order valence-electron chi connectivity index (χ4n) is 1.77. The number of benzene rings is 1. The van der Waals surface area contributed by atoms with Gasteiger partial charge in [-0.15, -0.1) is 0 Å². The van der Waals surface area contributed by atoms with E-state index >= 15 is 0 Å². The largest absolute Gasteiger partial charge is 0.497 e. The minimum Gasteiger partial charge on any atom is -0.497 e. The molecule has 1 unspecified atom stereocenters. The molecule has 2 N–H and O–H groups in total. The van der Waals surface area contributed by atoms with Crippen molar-refractivity contribution in [2.75, 3.05) is 7.11 Å². The van der Waals surface area contributed by atoms with Crippen molar-refractivity contribution in [3.63, 3.8) is 0 Å². The molecule has 90 valence electrons.